The van der Waals surface area contributed by atoms with Gasteiger partial charge in [-0.15, -0.1) is 0 Å². The lowest BCUT2D eigenvalue weighted by Gasteiger charge is -1.83. The van der Waals surface area contributed by atoms with Crippen molar-refractivity contribution >= 4 is 20.4 Å². The normalized spacial score (nSPS) is 11.3. The highest BCUT2D eigenvalue weighted by atomic mass is 35.5. The SMILES string of the molecule is C[SiH](C)/C=C/Cl. The monoisotopic (exact) mass is 120 g/mol. The molecule has 0 bridgehead atoms. The van der Waals surface area contributed by atoms with Crippen LogP contribution in [0, 0.1) is 0 Å². The third-order valence-electron chi connectivity index (χ3n) is 0.458. The summed E-state index contributed by atoms with van der Waals surface area (Å²) >= 11 is 5.25. The lowest BCUT2D eigenvalue weighted by Crippen LogP contribution is -1.90. The molecule has 0 aliphatic carbocycles. The molecule has 0 heterocycles. The van der Waals surface area contributed by atoms with Gasteiger partial charge in [-0.25, -0.2) is 0 Å². The Bertz CT molecular complexity index is 49.5. The lowest BCUT2D eigenvalue weighted by molar-refractivity contribution is 2.00. The molecule has 0 aromatic rings. The molecule has 0 aromatic heterocycles. The second kappa shape index (κ2) is 3.44. The molecule has 0 atom stereocenters. The largest absolute Gasteiger partial charge is 0.0937 e. The van der Waals surface area contributed by atoms with Crippen LogP contribution in [0.25, 0.3) is 0 Å². The highest BCUT2D eigenvalue weighted by Gasteiger charge is 1.80. The molecule has 0 aliphatic rings. The van der Waals surface area contributed by atoms with Crippen LogP contribution in [0.15, 0.2) is 11.2 Å². The average Bonchev–Trinajstić information content (AvgIpc) is 1.35. The van der Waals surface area contributed by atoms with E-state index >= 15 is 0 Å². The first-order valence-electron chi connectivity index (χ1n) is 2.04. The van der Waals surface area contributed by atoms with Crippen molar-refractivity contribution in [3.05, 3.63) is 11.2 Å². The fourth-order valence-electron chi connectivity index (χ4n) is 0.145. The summed E-state index contributed by atoms with van der Waals surface area (Å²) in [5, 5.41) is 0. The third-order valence-corrected chi connectivity index (χ3v) is 1.81. The van der Waals surface area contributed by atoms with Crippen molar-refractivity contribution in [3.63, 3.8) is 0 Å². The van der Waals surface area contributed by atoms with Crippen molar-refractivity contribution in [2.75, 3.05) is 0 Å². The van der Waals surface area contributed by atoms with Gasteiger partial charge in [-0.05, 0) is 5.54 Å². The molecule has 0 nitrogen and oxygen atoms in total. The van der Waals surface area contributed by atoms with Crippen molar-refractivity contribution < 1.29 is 0 Å². The van der Waals surface area contributed by atoms with E-state index in [9.17, 15) is 0 Å². The Balaban J connectivity index is 3.03. The van der Waals surface area contributed by atoms with Crippen LogP contribution < -0.4 is 0 Å². The number of hydrogen-bond donors (Lipinski definition) is 0. The summed E-state index contributed by atoms with van der Waals surface area (Å²) in [5.74, 6) is 0. The minimum absolute atomic E-state index is 0.483. The average molecular weight is 121 g/mol. The zero-order valence-electron chi connectivity index (χ0n) is 4.11. The lowest BCUT2D eigenvalue weighted by atomic mass is 11.2. The van der Waals surface area contributed by atoms with Gasteiger partial charge < -0.3 is 0 Å². The van der Waals surface area contributed by atoms with Crippen molar-refractivity contribution in [1.29, 1.82) is 0 Å². The van der Waals surface area contributed by atoms with Gasteiger partial charge in [0.2, 0.25) is 0 Å². The Morgan fingerprint density at radius 3 is 2.00 bits per heavy atom. The Labute approximate surface area is 45.4 Å². The molecular weight excluding hydrogens is 112 g/mol. The Kier molecular flexibility index (Phi) is 3.58. The summed E-state index contributed by atoms with van der Waals surface area (Å²) in [5.41, 5.74) is 3.68. The summed E-state index contributed by atoms with van der Waals surface area (Å²) < 4.78 is 0. The van der Waals surface area contributed by atoms with Crippen LogP contribution in [-0.2, 0) is 0 Å². The Morgan fingerprint density at radius 1 is 1.50 bits per heavy atom. The molecule has 0 rings (SSSR count). The summed E-state index contributed by atoms with van der Waals surface area (Å²) in [7, 11) is -0.483. The first kappa shape index (κ1) is 6.25. The minimum Gasteiger partial charge on any atom is -0.0937 e. The molecule has 0 aliphatic heterocycles. The van der Waals surface area contributed by atoms with Gasteiger partial charge in [-0.2, -0.15) is 0 Å². The molecule has 0 saturated carbocycles. The molecule has 2 heteroatoms. The number of halogens is 1. The van der Waals surface area contributed by atoms with Crippen LogP contribution in [0.4, 0.5) is 0 Å². The van der Waals surface area contributed by atoms with E-state index < -0.39 is 8.80 Å². The molecule has 0 fully saturated rings. The van der Waals surface area contributed by atoms with E-state index in [0.717, 1.165) is 0 Å². The van der Waals surface area contributed by atoms with E-state index in [-0.39, 0.29) is 0 Å². The van der Waals surface area contributed by atoms with E-state index in [1.807, 2.05) is 0 Å². The molecule has 0 spiro atoms. The van der Waals surface area contributed by atoms with Crippen molar-refractivity contribution in [1.82, 2.24) is 0 Å². The van der Waals surface area contributed by atoms with E-state index in [4.69, 9.17) is 11.6 Å². The van der Waals surface area contributed by atoms with Gasteiger partial charge in [0.1, 0.15) is 0 Å². The van der Waals surface area contributed by atoms with Gasteiger partial charge in [0.05, 0.1) is 8.80 Å². The van der Waals surface area contributed by atoms with Crippen molar-refractivity contribution in [2.45, 2.75) is 13.1 Å². The number of hydrogen-bond acceptors (Lipinski definition) is 0. The van der Waals surface area contributed by atoms with Crippen LogP contribution in [-0.4, -0.2) is 8.80 Å². The molecule has 0 aromatic carbocycles. The zero-order valence-corrected chi connectivity index (χ0v) is 6.02. The molecule has 6 heavy (non-hydrogen) atoms. The van der Waals surface area contributed by atoms with Crippen molar-refractivity contribution in [3.8, 4) is 0 Å². The molecule has 0 N–H and O–H groups in total. The van der Waals surface area contributed by atoms with Gasteiger partial charge in [-0.1, -0.05) is 30.4 Å². The molecule has 0 amide bonds. The highest BCUT2D eigenvalue weighted by molar-refractivity contribution is 6.62. The summed E-state index contributed by atoms with van der Waals surface area (Å²) in [6.45, 7) is 4.44. The smallest absolute Gasteiger partial charge is 0.0565 e. The van der Waals surface area contributed by atoms with Crippen molar-refractivity contribution in [2.24, 2.45) is 0 Å². The van der Waals surface area contributed by atoms with Gasteiger partial charge >= 0.3 is 0 Å². The topological polar surface area (TPSA) is 0 Å². The van der Waals surface area contributed by atoms with Crippen LogP contribution >= 0.6 is 11.6 Å². The quantitative estimate of drug-likeness (QED) is 0.463. The first-order chi connectivity index (χ1) is 2.77. The Hall–Kier alpha value is 0.247. The van der Waals surface area contributed by atoms with Crippen LogP contribution in [0.2, 0.25) is 13.1 Å². The molecule has 0 radical (unpaired) electrons. The third kappa shape index (κ3) is 4.25. The Morgan fingerprint density at radius 2 is 2.00 bits per heavy atom. The van der Waals surface area contributed by atoms with Gasteiger partial charge in [-0.3, -0.25) is 0 Å². The molecule has 0 saturated heterocycles. The van der Waals surface area contributed by atoms with Gasteiger partial charge in [0.15, 0.2) is 0 Å². The van der Waals surface area contributed by atoms with Gasteiger partial charge in [0, 0.05) is 0 Å². The summed E-state index contributed by atoms with van der Waals surface area (Å²) in [6.07, 6.45) is 0. The van der Waals surface area contributed by atoms with E-state index in [1.165, 1.54) is 0 Å². The van der Waals surface area contributed by atoms with E-state index in [1.54, 1.807) is 5.54 Å². The first-order valence-corrected chi connectivity index (χ1v) is 5.45. The second-order valence-electron chi connectivity index (χ2n) is 1.56. The minimum atomic E-state index is -0.483. The predicted molar refractivity (Wildman–Crippen MR) is 33.9 cm³/mol. The molecular formula is C4H9ClSi. The maximum Gasteiger partial charge on any atom is 0.0565 e. The maximum atomic E-state index is 5.25. The fourth-order valence-corrected chi connectivity index (χ4v) is 1.31. The number of rotatable bonds is 1. The van der Waals surface area contributed by atoms with Gasteiger partial charge in [0.25, 0.3) is 0 Å². The molecule has 0 unspecified atom stereocenters. The van der Waals surface area contributed by atoms with Crippen LogP contribution in [0.1, 0.15) is 0 Å². The van der Waals surface area contributed by atoms with E-state index in [0.29, 0.717) is 0 Å². The maximum absolute atomic E-state index is 5.25. The predicted octanol–water partition coefficient (Wildman–Crippen LogP) is 1.76. The molecule has 36 valence electrons. The standard InChI is InChI=1S/C4H9ClSi/c1-6(2)4-3-5/h3-4,6H,1-2H3/b4-3+. The van der Waals surface area contributed by atoms with Crippen LogP contribution in [0.3, 0.4) is 0 Å². The summed E-state index contributed by atoms with van der Waals surface area (Å²) in [6, 6.07) is 0. The zero-order chi connectivity index (χ0) is 4.99. The fraction of sp³-hybridized carbons (Fsp3) is 0.500. The van der Waals surface area contributed by atoms with E-state index in [2.05, 4.69) is 18.8 Å². The highest BCUT2D eigenvalue weighted by Crippen LogP contribution is 1.83. The van der Waals surface area contributed by atoms with Crippen LogP contribution in [0.5, 0.6) is 0 Å². The second-order valence-corrected chi connectivity index (χ2v) is 4.69. The summed E-state index contributed by atoms with van der Waals surface area (Å²) in [4.78, 5) is 0.